The van der Waals surface area contributed by atoms with Gasteiger partial charge in [-0.15, -0.1) is 0 Å². The van der Waals surface area contributed by atoms with Crippen LogP contribution in [0.5, 0.6) is 0 Å². The Morgan fingerprint density at radius 3 is 2.46 bits per heavy atom. The molecule has 4 rings (SSSR count). The summed E-state index contributed by atoms with van der Waals surface area (Å²) in [5, 5.41) is 14.1. The molecule has 35 heavy (non-hydrogen) atoms. The molecule has 2 aliphatic rings. The standard InChI is InChI=1S/C27H34N4O4/c1-19-16-23(12-13-24(19)31(34)35)27(33)30-15-5-7-25(30)26(32)28-17-21-8-10-22(11-9-21)18-29-14-4-3-6-20(29)2/h8-13,16,20,25H,3-7,14-15,17-18H2,1-2H3,(H,28,32). The Kier molecular flexibility index (Phi) is 7.80. The summed E-state index contributed by atoms with van der Waals surface area (Å²) in [7, 11) is 0. The van der Waals surface area contributed by atoms with Gasteiger partial charge in [0.05, 0.1) is 4.92 Å². The van der Waals surface area contributed by atoms with Crippen LogP contribution in [-0.2, 0) is 17.9 Å². The van der Waals surface area contributed by atoms with Crippen LogP contribution >= 0.6 is 0 Å². The number of rotatable bonds is 7. The molecule has 1 N–H and O–H groups in total. The third kappa shape index (κ3) is 5.88. The van der Waals surface area contributed by atoms with E-state index in [1.165, 1.54) is 43.0 Å². The molecule has 2 amide bonds. The lowest BCUT2D eigenvalue weighted by atomic mass is 10.0. The number of nitro groups is 1. The Labute approximate surface area is 206 Å². The van der Waals surface area contributed by atoms with Crippen LogP contribution in [-0.4, -0.2) is 51.7 Å². The van der Waals surface area contributed by atoms with Crippen molar-refractivity contribution in [3.8, 4) is 0 Å². The topological polar surface area (TPSA) is 95.8 Å². The zero-order valence-corrected chi connectivity index (χ0v) is 20.5. The number of benzene rings is 2. The van der Waals surface area contributed by atoms with Gasteiger partial charge < -0.3 is 10.2 Å². The van der Waals surface area contributed by atoms with E-state index >= 15 is 0 Å². The van der Waals surface area contributed by atoms with Gasteiger partial charge in [0, 0.05) is 42.9 Å². The molecule has 2 aromatic rings. The third-order valence-electron chi connectivity index (χ3n) is 7.27. The maximum Gasteiger partial charge on any atom is 0.272 e. The van der Waals surface area contributed by atoms with E-state index in [9.17, 15) is 19.7 Å². The van der Waals surface area contributed by atoms with Gasteiger partial charge in [0.1, 0.15) is 6.04 Å². The van der Waals surface area contributed by atoms with Crippen LogP contribution in [0.25, 0.3) is 0 Å². The molecule has 186 valence electrons. The van der Waals surface area contributed by atoms with Crippen molar-refractivity contribution in [1.82, 2.24) is 15.1 Å². The highest BCUT2D eigenvalue weighted by atomic mass is 16.6. The van der Waals surface area contributed by atoms with Crippen molar-refractivity contribution in [1.29, 1.82) is 0 Å². The van der Waals surface area contributed by atoms with Crippen LogP contribution in [0.2, 0.25) is 0 Å². The van der Waals surface area contributed by atoms with E-state index in [0.717, 1.165) is 25.1 Å². The molecule has 8 heteroatoms. The van der Waals surface area contributed by atoms with Crippen molar-refractivity contribution in [2.45, 2.75) is 71.1 Å². The number of hydrogen-bond acceptors (Lipinski definition) is 5. The number of nitrogens with one attached hydrogen (secondary N) is 1. The van der Waals surface area contributed by atoms with E-state index < -0.39 is 11.0 Å². The van der Waals surface area contributed by atoms with Gasteiger partial charge in [-0.05, 0) is 69.3 Å². The summed E-state index contributed by atoms with van der Waals surface area (Å²) in [4.78, 5) is 40.7. The Hall–Kier alpha value is -3.26. The van der Waals surface area contributed by atoms with Crippen molar-refractivity contribution < 1.29 is 14.5 Å². The van der Waals surface area contributed by atoms with E-state index in [-0.39, 0.29) is 17.5 Å². The van der Waals surface area contributed by atoms with E-state index in [2.05, 4.69) is 41.4 Å². The molecule has 0 aliphatic carbocycles. The molecule has 2 atom stereocenters. The average molecular weight is 479 g/mol. The second kappa shape index (κ2) is 11.0. The van der Waals surface area contributed by atoms with Crippen molar-refractivity contribution in [2.75, 3.05) is 13.1 Å². The highest BCUT2D eigenvalue weighted by Crippen LogP contribution is 2.24. The van der Waals surface area contributed by atoms with Gasteiger partial charge in [0.25, 0.3) is 11.6 Å². The Balaban J connectivity index is 1.33. The maximum atomic E-state index is 13.1. The van der Waals surface area contributed by atoms with Gasteiger partial charge in [-0.2, -0.15) is 0 Å². The third-order valence-corrected chi connectivity index (χ3v) is 7.27. The van der Waals surface area contributed by atoms with Gasteiger partial charge in [-0.3, -0.25) is 24.6 Å². The fraction of sp³-hybridized carbons (Fsp3) is 0.481. The summed E-state index contributed by atoms with van der Waals surface area (Å²) in [6.45, 7) is 6.92. The van der Waals surface area contributed by atoms with Gasteiger partial charge in [0.15, 0.2) is 0 Å². The van der Waals surface area contributed by atoms with Crippen molar-refractivity contribution in [3.63, 3.8) is 0 Å². The number of likely N-dealkylation sites (tertiary alicyclic amines) is 2. The highest BCUT2D eigenvalue weighted by molar-refractivity contribution is 5.98. The smallest absolute Gasteiger partial charge is 0.272 e. The van der Waals surface area contributed by atoms with Crippen LogP contribution in [0.15, 0.2) is 42.5 Å². The summed E-state index contributed by atoms with van der Waals surface area (Å²) >= 11 is 0. The van der Waals surface area contributed by atoms with E-state index in [1.54, 1.807) is 11.8 Å². The van der Waals surface area contributed by atoms with E-state index in [0.29, 0.717) is 36.7 Å². The van der Waals surface area contributed by atoms with Crippen LogP contribution in [0.1, 0.15) is 66.1 Å². The Morgan fingerprint density at radius 1 is 1.03 bits per heavy atom. The molecule has 2 unspecified atom stereocenters. The number of carbonyl (C=O) groups excluding carboxylic acids is 2. The first-order valence-electron chi connectivity index (χ1n) is 12.5. The number of aryl methyl sites for hydroxylation is 1. The molecule has 0 aromatic heterocycles. The lowest BCUT2D eigenvalue weighted by molar-refractivity contribution is -0.385. The molecule has 2 aliphatic heterocycles. The van der Waals surface area contributed by atoms with Gasteiger partial charge in [-0.25, -0.2) is 0 Å². The summed E-state index contributed by atoms with van der Waals surface area (Å²) in [5.41, 5.74) is 3.08. The molecular formula is C27H34N4O4. The van der Waals surface area contributed by atoms with E-state index in [1.807, 2.05) is 0 Å². The molecule has 0 spiro atoms. The van der Waals surface area contributed by atoms with Gasteiger partial charge in [0.2, 0.25) is 5.91 Å². The lowest BCUT2D eigenvalue weighted by Gasteiger charge is -2.33. The molecule has 0 bridgehead atoms. The number of carbonyl (C=O) groups is 2. The average Bonchev–Trinajstić information content (AvgIpc) is 3.34. The number of nitrogens with zero attached hydrogens (tertiary/aromatic N) is 3. The fourth-order valence-electron chi connectivity index (χ4n) is 5.14. The monoisotopic (exact) mass is 478 g/mol. The largest absolute Gasteiger partial charge is 0.350 e. The zero-order valence-electron chi connectivity index (χ0n) is 20.5. The molecular weight excluding hydrogens is 444 g/mol. The second-order valence-corrected chi connectivity index (χ2v) is 9.76. The molecule has 0 saturated carbocycles. The summed E-state index contributed by atoms with van der Waals surface area (Å²) in [5.74, 6) is -0.433. The normalized spacial score (nSPS) is 20.6. The van der Waals surface area contributed by atoms with Crippen molar-refractivity contribution in [2.24, 2.45) is 0 Å². The lowest BCUT2D eigenvalue weighted by Crippen LogP contribution is -2.45. The number of amides is 2. The van der Waals surface area contributed by atoms with Gasteiger partial charge in [-0.1, -0.05) is 30.7 Å². The predicted molar refractivity (Wildman–Crippen MR) is 134 cm³/mol. The second-order valence-electron chi connectivity index (χ2n) is 9.76. The van der Waals surface area contributed by atoms with Crippen LogP contribution in [0, 0.1) is 17.0 Å². The van der Waals surface area contributed by atoms with Crippen LogP contribution < -0.4 is 5.32 Å². The van der Waals surface area contributed by atoms with Crippen molar-refractivity contribution >= 4 is 17.5 Å². The van der Waals surface area contributed by atoms with Crippen LogP contribution in [0.3, 0.4) is 0 Å². The maximum absolute atomic E-state index is 13.1. The minimum atomic E-state index is -0.530. The molecule has 2 saturated heterocycles. The minimum absolute atomic E-state index is 0.0197. The number of nitro benzene ring substituents is 1. The Morgan fingerprint density at radius 2 is 1.77 bits per heavy atom. The highest BCUT2D eigenvalue weighted by Gasteiger charge is 2.34. The van der Waals surface area contributed by atoms with Gasteiger partial charge >= 0.3 is 0 Å². The summed E-state index contributed by atoms with van der Waals surface area (Å²) in [6, 6.07) is 12.8. The quantitative estimate of drug-likeness (QED) is 0.475. The molecule has 2 fully saturated rings. The predicted octanol–water partition coefficient (Wildman–Crippen LogP) is 4.20. The first kappa shape index (κ1) is 24.9. The molecule has 8 nitrogen and oxygen atoms in total. The first-order valence-corrected chi connectivity index (χ1v) is 12.5. The van der Waals surface area contributed by atoms with Crippen LogP contribution in [0.4, 0.5) is 5.69 Å². The molecule has 2 aromatic carbocycles. The summed E-state index contributed by atoms with van der Waals surface area (Å²) in [6.07, 6.45) is 5.19. The fourth-order valence-corrected chi connectivity index (χ4v) is 5.14. The minimum Gasteiger partial charge on any atom is -0.350 e. The van der Waals surface area contributed by atoms with E-state index in [4.69, 9.17) is 0 Å². The zero-order chi connectivity index (χ0) is 24.9. The first-order chi connectivity index (χ1) is 16.8. The number of piperidine rings is 1. The summed E-state index contributed by atoms with van der Waals surface area (Å²) < 4.78 is 0. The molecule has 0 radical (unpaired) electrons. The Bertz CT molecular complexity index is 1090. The molecule has 2 heterocycles. The number of hydrogen-bond donors (Lipinski definition) is 1. The van der Waals surface area contributed by atoms with Crippen molar-refractivity contribution in [3.05, 3.63) is 74.8 Å². The SMILES string of the molecule is Cc1cc(C(=O)N2CCCC2C(=O)NCc2ccc(CN3CCCCC3C)cc2)ccc1[N+](=O)[O-].